The predicted molar refractivity (Wildman–Crippen MR) is 85.9 cm³/mol. The molecular weight excluding hydrogens is 242 g/mol. The Morgan fingerprint density at radius 3 is 2.05 bits per heavy atom. The summed E-state index contributed by atoms with van der Waals surface area (Å²) in [6.45, 7) is 7.03. The third kappa shape index (κ3) is 2.93. The van der Waals surface area contributed by atoms with Gasteiger partial charge in [0.25, 0.3) is 0 Å². The molecule has 0 spiro atoms. The summed E-state index contributed by atoms with van der Waals surface area (Å²) in [6, 6.07) is 10.5. The summed E-state index contributed by atoms with van der Waals surface area (Å²) in [5, 5.41) is 3.99. The topological polar surface area (TPSA) is 12.0 Å². The second-order valence-corrected chi connectivity index (χ2v) is 7.50. The minimum atomic E-state index is 0.657. The van der Waals surface area contributed by atoms with Crippen molar-refractivity contribution in [1.82, 2.24) is 5.32 Å². The van der Waals surface area contributed by atoms with E-state index in [1.165, 1.54) is 32.1 Å². The van der Waals surface area contributed by atoms with Gasteiger partial charge in [0, 0.05) is 12.1 Å². The van der Waals surface area contributed by atoms with Crippen LogP contribution in [0.2, 0.25) is 0 Å². The Morgan fingerprint density at radius 2 is 1.55 bits per heavy atom. The van der Waals surface area contributed by atoms with Crippen molar-refractivity contribution in [2.45, 2.75) is 65.0 Å². The summed E-state index contributed by atoms with van der Waals surface area (Å²) < 4.78 is 0. The van der Waals surface area contributed by atoms with Gasteiger partial charge < -0.3 is 5.32 Å². The van der Waals surface area contributed by atoms with Crippen molar-refractivity contribution < 1.29 is 0 Å². The van der Waals surface area contributed by atoms with Crippen LogP contribution in [0.15, 0.2) is 24.3 Å². The molecular formula is C19H29N. The Labute approximate surface area is 124 Å². The SMILES string of the molecule is CC(C)CC(C)NC1C2CCC1Cc1ccccc1C2. The molecule has 2 bridgehead atoms. The number of hydrogen-bond acceptors (Lipinski definition) is 1. The molecule has 3 rings (SSSR count). The number of hydrogen-bond donors (Lipinski definition) is 1. The smallest absolute Gasteiger partial charge is 0.0132 e. The maximum absolute atomic E-state index is 3.99. The Balaban J connectivity index is 1.72. The molecule has 20 heavy (non-hydrogen) atoms. The molecule has 1 aromatic carbocycles. The molecule has 1 saturated carbocycles. The fourth-order valence-electron chi connectivity index (χ4n) is 4.53. The van der Waals surface area contributed by atoms with E-state index in [4.69, 9.17) is 0 Å². The zero-order chi connectivity index (χ0) is 14.1. The maximum atomic E-state index is 3.99. The Hall–Kier alpha value is -0.820. The monoisotopic (exact) mass is 271 g/mol. The van der Waals surface area contributed by atoms with Crippen molar-refractivity contribution in [2.75, 3.05) is 0 Å². The van der Waals surface area contributed by atoms with Crippen LogP contribution in [0.5, 0.6) is 0 Å². The van der Waals surface area contributed by atoms with Crippen molar-refractivity contribution in [3.05, 3.63) is 35.4 Å². The zero-order valence-corrected chi connectivity index (χ0v) is 13.2. The first-order valence-electron chi connectivity index (χ1n) is 8.46. The van der Waals surface area contributed by atoms with Gasteiger partial charge in [0.05, 0.1) is 0 Å². The predicted octanol–water partition coefficient (Wildman–Crippen LogP) is 4.20. The fraction of sp³-hybridized carbons (Fsp3) is 0.684. The molecule has 0 aromatic heterocycles. The van der Waals surface area contributed by atoms with Crippen LogP contribution in [-0.2, 0) is 12.8 Å². The van der Waals surface area contributed by atoms with Crippen LogP contribution in [0.25, 0.3) is 0 Å². The van der Waals surface area contributed by atoms with Crippen LogP contribution in [0, 0.1) is 17.8 Å². The van der Waals surface area contributed by atoms with Gasteiger partial charge in [-0.1, -0.05) is 38.1 Å². The summed E-state index contributed by atoms with van der Waals surface area (Å²) in [5.41, 5.74) is 3.23. The van der Waals surface area contributed by atoms with Crippen molar-refractivity contribution in [1.29, 1.82) is 0 Å². The van der Waals surface area contributed by atoms with Crippen LogP contribution in [0.3, 0.4) is 0 Å². The van der Waals surface area contributed by atoms with Crippen molar-refractivity contribution >= 4 is 0 Å². The molecule has 1 aromatic rings. The van der Waals surface area contributed by atoms with Crippen LogP contribution in [-0.4, -0.2) is 12.1 Å². The highest BCUT2D eigenvalue weighted by molar-refractivity contribution is 5.30. The Bertz CT molecular complexity index is 418. The summed E-state index contributed by atoms with van der Waals surface area (Å²) in [5.74, 6) is 2.51. The maximum Gasteiger partial charge on any atom is 0.0132 e. The van der Waals surface area contributed by atoms with Crippen LogP contribution in [0.1, 0.15) is 51.2 Å². The average Bonchev–Trinajstić information content (AvgIpc) is 2.65. The van der Waals surface area contributed by atoms with E-state index in [0.29, 0.717) is 6.04 Å². The van der Waals surface area contributed by atoms with Gasteiger partial charge >= 0.3 is 0 Å². The molecule has 1 fully saturated rings. The van der Waals surface area contributed by atoms with E-state index in [1.807, 2.05) is 0 Å². The lowest BCUT2D eigenvalue weighted by atomic mass is 9.93. The lowest BCUT2D eigenvalue weighted by Crippen LogP contribution is -2.43. The van der Waals surface area contributed by atoms with Gasteiger partial charge in [-0.3, -0.25) is 0 Å². The van der Waals surface area contributed by atoms with Gasteiger partial charge in [-0.05, 0) is 67.9 Å². The van der Waals surface area contributed by atoms with Crippen LogP contribution in [0.4, 0.5) is 0 Å². The second-order valence-electron chi connectivity index (χ2n) is 7.50. The van der Waals surface area contributed by atoms with E-state index >= 15 is 0 Å². The average molecular weight is 271 g/mol. The first-order valence-corrected chi connectivity index (χ1v) is 8.46. The molecule has 0 amide bonds. The van der Waals surface area contributed by atoms with Crippen LogP contribution < -0.4 is 5.32 Å². The second kappa shape index (κ2) is 5.89. The van der Waals surface area contributed by atoms with E-state index in [2.05, 4.69) is 50.4 Å². The van der Waals surface area contributed by atoms with Crippen molar-refractivity contribution in [3.63, 3.8) is 0 Å². The fourth-order valence-corrected chi connectivity index (χ4v) is 4.53. The quantitative estimate of drug-likeness (QED) is 0.865. The van der Waals surface area contributed by atoms with Crippen LogP contribution >= 0.6 is 0 Å². The Kier molecular flexibility index (Phi) is 4.16. The number of fused-ring (bicyclic) bond motifs is 3. The summed E-state index contributed by atoms with van der Waals surface area (Å²) in [6.07, 6.45) is 6.72. The summed E-state index contributed by atoms with van der Waals surface area (Å²) >= 11 is 0. The molecule has 1 heteroatoms. The van der Waals surface area contributed by atoms with Gasteiger partial charge in [0.1, 0.15) is 0 Å². The van der Waals surface area contributed by atoms with E-state index in [0.717, 1.165) is 23.8 Å². The highest BCUT2D eigenvalue weighted by atomic mass is 15.0. The van der Waals surface area contributed by atoms with Crippen molar-refractivity contribution in [2.24, 2.45) is 17.8 Å². The summed E-state index contributed by atoms with van der Waals surface area (Å²) in [4.78, 5) is 0. The molecule has 0 radical (unpaired) electrons. The van der Waals surface area contributed by atoms with Gasteiger partial charge in [-0.25, -0.2) is 0 Å². The number of rotatable bonds is 4. The minimum Gasteiger partial charge on any atom is -0.311 e. The van der Waals surface area contributed by atoms with Gasteiger partial charge in [0.2, 0.25) is 0 Å². The number of nitrogens with one attached hydrogen (secondary N) is 1. The van der Waals surface area contributed by atoms with Crippen molar-refractivity contribution in [3.8, 4) is 0 Å². The van der Waals surface area contributed by atoms with E-state index < -0.39 is 0 Å². The standard InChI is InChI=1S/C19H29N/c1-13(2)10-14(3)20-19-17-8-9-18(19)12-16-7-5-4-6-15(16)11-17/h4-7,13-14,17-20H,8-12H2,1-3H3. The highest BCUT2D eigenvalue weighted by Gasteiger charge is 2.39. The van der Waals surface area contributed by atoms with E-state index in [-0.39, 0.29) is 0 Å². The van der Waals surface area contributed by atoms with E-state index in [1.54, 1.807) is 11.1 Å². The zero-order valence-electron chi connectivity index (χ0n) is 13.2. The molecule has 110 valence electrons. The molecule has 0 heterocycles. The van der Waals surface area contributed by atoms with E-state index in [9.17, 15) is 0 Å². The highest BCUT2D eigenvalue weighted by Crippen LogP contribution is 2.40. The molecule has 0 saturated heterocycles. The third-order valence-corrected chi connectivity index (χ3v) is 5.31. The molecule has 3 atom stereocenters. The third-order valence-electron chi connectivity index (χ3n) is 5.31. The molecule has 3 unspecified atom stereocenters. The molecule has 1 N–H and O–H groups in total. The van der Waals surface area contributed by atoms with Gasteiger partial charge in [0.15, 0.2) is 0 Å². The molecule has 2 aliphatic rings. The normalized spacial score (nSPS) is 30.1. The number of benzene rings is 1. The van der Waals surface area contributed by atoms with Gasteiger partial charge in [-0.15, -0.1) is 0 Å². The molecule has 2 aliphatic carbocycles. The largest absolute Gasteiger partial charge is 0.311 e. The van der Waals surface area contributed by atoms with Gasteiger partial charge in [-0.2, -0.15) is 0 Å². The Morgan fingerprint density at radius 1 is 1.00 bits per heavy atom. The lowest BCUT2D eigenvalue weighted by Gasteiger charge is -2.28. The molecule has 0 aliphatic heterocycles. The first-order chi connectivity index (χ1) is 9.63. The summed E-state index contributed by atoms with van der Waals surface area (Å²) in [7, 11) is 0. The lowest BCUT2D eigenvalue weighted by molar-refractivity contribution is 0.294. The molecule has 1 nitrogen and oxygen atoms in total. The minimum absolute atomic E-state index is 0.657. The first kappa shape index (κ1) is 14.1.